The Morgan fingerprint density at radius 2 is 1.86 bits per heavy atom. The molecule has 1 aliphatic rings. The van der Waals surface area contributed by atoms with Gasteiger partial charge in [0.05, 0.1) is 6.54 Å². The van der Waals surface area contributed by atoms with Crippen molar-refractivity contribution in [2.45, 2.75) is 32.9 Å². The first kappa shape index (κ1) is 19.3. The van der Waals surface area contributed by atoms with Crippen LogP contribution < -0.4 is 5.32 Å². The van der Waals surface area contributed by atoms with E-state index in [-0.39, 0.29) is 11.8 Å². The third-order valence-electron chi connectivity index (χ3n) is 5.31. The molecule has 1 amide bonds. The van der Waals surface area contributed by atoms with Crippen LogP contribution in [0.5, 0.6) is 0 Å². The van der Waals surface area contributed by atoms with Crippen LogP contribution in [0.25, 0.3) is 11.4 Å². The quantitative estimate of drug-likeness (QED) is 0.695. The van der Waals surface area contributed by atoms with Gasteiger partial charge in [-0.2, -0.15) is 4.98 Å². The van der Waals surface area contributed by atoms with Crippen LogP contribution in [0.3, 0.4) is 0 Å². The molecule has 0 saturated carbocycles. The van der Waals surface area contributed by atoms with Crippen LogP contribution in [0.1, 0.15) is 29.9 Å². The highest BCUT2D eigenvalue weighted by atomic mass is 16.5. The van der Waals surface area contributed by atoms with Crippen molar-refractivity contribution in [1.82, 2.24) is 25.3 Å². The molecule has 150 valence electrons. The van der Waals surface area contributed by atoms with E-state index in [2.05, 4.69) is 32.3 Å². The molecule has 7 heteroatoms. The van der Waals surface area contributed by atoms with Gasteiger partial charge in [0.1, 0.15) is 0 Å². The first-order valence-electron chi connectivity index (χ1n) is 9.96. The summed E-state index contributed by atoms with van der Waals surface area (Å²) in [5.74, 6) is 1.41. The molecule has 29 heavy (non-hydrogen) atoms. The average Bonchev–Trinajstić information content (AvgIpc) is 3.22. The molecule has 1 aliphatic heterocycles. The molecule has 3 aromatic rings. The normalized spacial score (nSPS) is 15.3. The number of nitrogens with one attached hydrogen (secondary N) is 1. The second-order valence-corrected chi connectivity index (χ2v) is 7.50. The van der Waals surface area contributed by atoms with E-state index >= 15 is 0 Å². The molecular weight excluding hydrogens is 366 g/mol. The van der Waals surface area contributed by atoms with Crippen molar-refractivity contribution >= 4 is 5.91 Å². The van der Waals surface area contributed by atoms with Crippen molar-refractivity contribution in [3.05, 3.63) is 65.8 Å². The highest BCUT2D eigenvalue weighted by molar-refractivity contribution is 5.78. The molecule has 0 unspecified atom stereocenters. The van der Waals surface area contributed by atoms with Gasteiger partial charge < -0.3 is 9.84 Å². The van der Waals surface area contributed by atoms with E-state index in [0.29, 0.717) is 24.8 Å². The number of carbonyl (C=O) groups excluding carboxylic acids is 1. The molecule has 4 rings (SSSR count). The van der Waals surface area contributed by atoms with Crippen molar-refractivity contribution < 1.29 is 9.32 Å². The maximum Gasteiger partial charge on any atom is 0.241 e. The fourth-order valence-corrected chi connectivity index (χ4v) is 3.52. The van der Waals surface area contributed by atoms with E-state index in [1.807, 2.05) is 36.4 Å². The molecule has 1 aromatic carbocycles. The molecule has 3 heterocycles. The van der Waals surface area contributed by atoms with Gasteiger partial charge in [0.25, 0.3) is 0 Å². The van der Waals surface area contributed by atoms with Crippen LogP contribution in [-0.2, 0) is 17.9 Å². The zero-order valence-electron chi connectivity index (χ0n) is 16.5. The SMILES string of the molecule is Cc1ccc(-c2noc(CN3CCC(C(=O)NCc4ccncc4)CC3)n2)cc1. The van der Waals surface area contributed by atoms with Gasteiger partial charge in [-0.1, -0.05) is 35.0 Å². The molecule has 1 saturated heterocycles. The first-order valence-corrected chi connectivity index (χ1v) is 9.96. The minimum Gasteiger partial charge on any atom is -0.352 e. The first-order chi connectivity index (χ1) is 14.2. The largest absolute Gasteiger partial charge is 0.352 e. The van der Waals surface area contributed by atoms with Gasteiger partial charge in [0, 0.05) is 30.4 Å². The Balaban J connectivity index is 1.25. The molecule has 0 radical (unpaired) electrons. The standard InChI is InChI=1S/C22H25N5O2/c1-16-2-4-18(5-3-16)21-25-20(29-26-21)15-27-12-8-19(9-13-27)22(28)24-14-17-6-10-23-11-7-17/h2-7,10-11,19H,8-9,12-15H2,1H3,(H,24,28). The molecule has 1 fully saturated rings. The van der Waals surface area contributed by atoms with Crippen molar-refractivity contribution in [1.29, 1.82) is 0 Å². The van der Waals surface area contributed by atoms with Crippen LogP contribution in [0.2, 0.25) is 0 Å². The maximum absolute atomic E-state index is 12.4. The summed E-state index contributed by atoms with van der Waals surface area (Å²) in [5, 5.41) is 7.13. The lowest BCUT2D eigenvalue weighted by molar-refractivity contribution is -0.126. The molecule has 0 aliphatic carbocycles. The fraction of sp³-hybridized carbons (Fsp3) is 0.364. The second-order valence-electron chi connectivity index (χ2n) is 7.50. The number of nitrogens with zero attached hydrogens (tertiary/aromatic N) is 4. The third-order valence-corrected chi connectivity index (χ3v) is 5.31. The zero-order chi connectivity index (χ0) is 20.1. The smallest absolute Gasteiger partial charge is 0.241 e. The molecule has 1 N–H and O–H groups in total. The second kappa shape index (κ2) is 8.96. The van der Waals surface area contributed by atoms with Gasteiger partial charge in [-0.15, -0.1) is 0 Å². The zero-order valence-corrected chi connectivity index (χ0v) is 16.5. The topological polar surface area (TPSA) is 84.2 Å². The number of pyridine rings is 1. The monoisotopic (exact) mass is 391 g/mol. The Morgan fingerprint density at radius 3 is 2.59 bits per heavy atom. The number of piperidine rings is 1. The number of rotatable bonds is 6. The number of aromatic nitrogens is 3. The van der Waals surface area contributed by atoms with E-state index in [4.69, 9.17) is 4.52 Å². The Hall–Kier alpha value is -3.06. The summed E-state index contributed by atoms with van der Waals surface area (Å²) in [4.78, 5) is 23.2. The van der Waals surface area contributed by atoms with Crippen LogP contribution >= 0.6 is 0 Å². The van der Waals surface area contributed by atoms with Gasteiger partial charge in [-0.05, 0) is 50.6 Å². The Morgan fingerprint density at radius 1 is 1.14 bits per heavy atom. The van der Waals surface area contributed by atoms with Crippen molar-refractivity contribution in [3.8, 4) is 11.4 Å². The minimum atomic E-state index is 0.0545. The fourth-order valence-electron chi connectivity index (χ4n) is 3.52. The van der Waals surface area contributed by atoms with Crippen LogP contribution in [0, 0.1) is 12.8 Å². The highest BCUT2D eigenvalue weighted by Gasteiger charge is 2.25. The maximum atomic E-state index is 12.4. The van der Waals surface area contributed by atoms with E-state index in [0.717, 1.165) is 37.1 Å². The predicted molar refractivity (Wildman–Crippen MR) is 109 cm³/mol. The average molecular weight is 391 g/mol. The number of benzene rings is 1. The van der Waals surface area contributed by atoms with E-state index in [9.17, 15) is 4.79 Å². The number of aryl methyl sites for hydroxylation is 1. The molecular formula is C22H25N5O2. The van der Waals surface area contributed by atoms with Gasteiger partial charge >= 0.3 is 0 Å². The molecule has 0 atom stereocenters. The van der Waals surface area contributed by atoms with E-state index < -0.39 is 0 Å². The number of hydrogen-bond donors (Lipinski definition) is 1. The lowest BCUT2D eigenvalue weighted by Crippen LogP contribution is -2.40. The van der Waals surface area contributed by atoms with Gasteiger partial charge in [0.2, 0.25) is 17.6 Å². The van der Waals surface area contributed by atoms with E-state index in [1.54, 1.807) is 12.4 Å². The molecule has 7 nitrogen and oxygen atoms in total. The predicted octanol–water partition coefficient (Wildman–Crippen LogP) is 2.97. The lowest BCUT2D eigenvalue weighted by atomic mass is 9.96. The third kappa shape index (κ3) is 5.06. The molecule has 0 bridgehead atoms. The summed E-state index contributed by atoms with van der Waals surface area (Å²) in [6.07, 6.45) is 5.14. The van der Waals surface area contributed by atoms with Crippen LogP contribution in [-0.4, -0.2) is 39.0 Å². The lowest BCUT2D eigenvalue weighted by Gasteiger charge is -2.30. The van der Waals surface area contributed by atoms with Gasteiger partial charge in [0.15, 0.2) is 0 Å². The van der Waals surface area contributed by atoms with Crippen molar-refractivity contribution in [2.24, 2.45) is 5.92 Å². The minimum absolute atomic E-state index is 0.0545. The summed E-state index contributed by atoms with van der Waals surface area (Å²) >= 11 is 0. The summed E-state index contributed by atoms with van der Waals surface area (Å²) < 4.78 is 5.43. The summed E-state index contributed by atoms with van der Waals surface area (Å²) in [6.45, 7) is 4.90. The molecule has 2 aromatic heterocycles. The Labute approximate surface area is 170 Å². The Bertz CT molecular complexity index is 931. The van der Waals surface area contributed by atoms with Gasteiger partial charge in [-0.25, -0.2) is 0 Å². The number of carbonyl (C=O) groups is 1. The number of likely N-dealkylation sites (tertiary alicyclic amines) is 1. The summed E-state index contributed by atoms with van der Waals surface area (Å²) in [6, 6.07) is 11.9. The van der Waals surface area contributed by atoms with Crippen LogP contribution in [0.4, 0.5) is 0 Å². The highest BCUT2D eigenvalue weighted by Crippen LogP contribution is 2.21. The van der Waals surface area contributed by atoms with Crippen LogP contribution in [0.15, 0.2) is 53.3 Å². The summed E-state index contributed by atoms with van der Waals surface area (Å²) in [5.41, 5.74) is 3.21. The van der Waals surface area contributed by atoms with Gasteiger partial charge in [-0.3, -0.25) is 14.7 Å². The Kier molecular flexibility index (Phi) is 5.95. The number of amides is 1. The number of hydrogen-bond acceptors (Lipinski definition) is 6. The van der Waals surface area contributed by atoms with Crippen molar-refractivity contribution in [3.63, 3.8) is 0 Å². The van der Waals surface area contributed by atoms with Crippen molar-refractivity contribution in [2.75, 3.05) is 13.1 Å². The van der Waals surface area contributed by atoms with E-state index in [1.165, 1.54) is 5.56 Å². The molecule has 0 spiro atoms. The summed E-state index contributed by atoms with van der Waals surface area (Å²) in [7, 11) is 0.